The maximum Gasteiger partial charge on any atom is 0.313 e. The molecule has 3 aliphatic carbocycles. The SMILES string of the molecule is CC(C)C1=CC2=C(C=O)C[C@@H]3[C@](C)(CCC[C@@]3(C)C(=O)OCC#CCN3CCCC3)[C@H]2CC1. The van der Waals surface area contributed by atoms with Gasteiger partial charge in [0.2, 0.25) is 0 Å². The Bertz CT molecular complexity index is 898. The van der Waals surface area contributed by atoms with Crippen LogP contribution in [0.4, 0.5) is 0 Å². The number of hydrogen-bond acceptors (Lipinski definition) is 4. The predicted octanol–water partition coefficient (Wildman–Crippen LogP) is 5.33. The summed E-state index contributed by atoms with van der Waals surface area (Å²) >= 11 is 0. The second-order valence-electron chi connectivity index (χ2n) is 11.5. The molecule has 4 nitrogen and oxygen atoms in total. The van der Waals surface area contributed by atoms with E-state index in [1.165, 1.54) is 24.0 Å². The highest BCUT2D eigenvalue weighted by Crippen LogP contribution is 2.63. The molecule has 0 N–H and O–H groups in total. The van der Waals surface area contributed by atoms with Crippen LogP contribution < -0.4 is 0 Å². The molecule has 1 heterocycles. The largest absolute Gasteiger partial charge is 0.452 e. The van der Waals surface area contributed by atoms with Gasteiger partial charge in [0.15, 0.2) is 6.61 Å². The van der Waals surface area contributed by atoms with Gasteiger partial charge in [0.05, 0.1) is 12.0 Å². The zero-order chi connectivity index (χ0) is 23.6. The molecule has 1 saturated carbocycles. The van der Waals surface area contributed by atoms with Crippen LogP contribution in [-0.4, -0.2) is 43.4 Å². The molecule has 0 amide bonds. The van der Waals surface area contributed by atoms with Crippen LogP contribution in [0.3, 0.4) is 0 Å². The first kappa shape index (κ1) is 24.3. The molecule has 2 fully saturated rings. The molecule has 0 bridgehead atoms. The number of fused-ring (bicyclic) bond motifs is 3. The number of hydrogen-bond donors (Lipinski definition) is 0. The van der Waals surface area contributed by atoms with Gasteiger partial charge in [-0.1, -0.05) is 50.7 Å². The molecule has 4 atom stereocenters. The molecule has 0 aromatic carbocycles. The minimum atomic E-state index is -0.564. The Hall–Kier alpha value is -1.86. The molecule has 0 unspecified atom stereocenters. The Morgan fingerprint density at radius 1 is 1.21 bits per heavy atom. The Morgan fingerprint density at radius 2 is 1.97 bits per heavy atom. The van der Waals surface area contributed by atoms with Gasteiger partial charge in [-0.2, -0.15) is 0 Å². The average Bonchev–Trinajstić information content (AvgIpc) is 3.32. The van der Waals surface area contributed by atoms with E-state index in [0.29, 0.717) is 18.3 Å². The van der Waals surface area contributed by atoms with Crippen molar-refractivity contribution in [2.75, 3.05) is 26.2 Å². The monoisotopic (exact) mass is 451 g/mol. The first-order valence-corrected chi connectivity index (χ1v) is 13.0. The minimum Gasteiger partial charge on any atom is -0.452 e. The summed E-state index contributed by atoms with van der Waals surface area (Å²) in [7, 11) is 0. The number of ether oxygens (including phenoxy) is 1. The van der Waals surface area contributed by atoms with Crippen LogP contribution in [0.2, 0.25) is 0 Å². The first-order chi connectivity index (χ1) is 15.8. The first-order valence-electron chi connectivity index (χ1n) is 13.0. The highest BCUT2D eigenvalue weighted by atomic mass is 16.5. The van der Waals surface area contributed by atoms with Gasteiger partial charge in [-0.05, 0) is 99.3 Å². The standard InChI is InChI=1S/C29H41NO3/c1-21(2)22-10-11-25-24(18-22)23(20-31)19-26-28(25,3)12-9-13-29(26,4)27(32)33-17-8-7-16-30-14-5-6-15-30/h18,20-21,25-26H,5-6,9-17,19H2,1-4H3/t25-,26+,28+,29+/m0/s1. The normalized spacial score (nSPS) is 34.2. The highest BCUT2D eigenvalue weighted by molar-refractivity contribution is 5.80. The van der Waals surface area contributed by atoms with Crippen molar-refractivity contribution in [3.05, 3.63) is 22.8 Å². The van der Waals surface area contributed by atoms with Gasteiger partial charge < -0.3 is 4.74 Å². The third-order valence-electron chi connectivity index (χ3n) is 9.26. The second-order valence-corrected chi connectivity index (χ2v) is 11.5. The van der Waals surface area contributed by atoms with E-state index in [1.54, 1.807) is 0 Å². The highest BCUT2D eigenvalue weighted by Gasteiger charge is 2.58. The number of esters is 1. The minimum absolute atomic E-state index is 0.0221. The Balaban J connectivity index is 1.52. The molecule has 180 valence electrons. The van der Waals surface area contributed by atoms with Crippen LogP contribution in [0.15, 0.2) is 22.8 Å². The lowest BCUT2D eigenvalue weighted by Crippen LogP contribution is -2.54. The summed E-state index contributed by atoms with van der Waals surface area (Å²) in [5.74, 6) is 7.09. The van der Waals surface area contributed by atoms with Gasteiger partial charge in [0.1, 0.15) is 6.29 Å². The smallest absolute Gasteiger partial charge is 0.313 e. The topological polar surface area (TPSA) is 46.6 Å². The van der Waals surface area contributed by atoms with Crippen molar-refractivity contribution >= 4 is 12.3 Å². The number of nitrogens with zero attached hydrogens (tertiary/aromatic N) is 1. The van der Waals surface area contributed by atoms with Crippen LogP contribution >= 0.6 is 0 Å². The van der Waals surface area contributed by atoms with E-state index in [4.69, 9.17) is 4.74 Å². The van der Waals surface area contributed by atoms with Crippen molar-refractivity contribution in [2.24, 2.45) is 28.6 Å². The van der Waals surface area contributed by atoms with E-state index in [9.17, 15) is 9.59 Å². The third-order valence-corrected chi connectivity index (χ3v) is 9.26. The molecule has 0 spiro atoms. The number of aldehydes is 1. The quantitative estimate of drug-likeness (QED) is 0.322. The summed E-state index contributed by atoms with van der Waals surface area (Å²) in [4.78, 5) is 27.9. The Morgan fingerprint density at radius 3 is 2.67 bits per heavy atom. The van der Waals surface area contributed by atoms with Gasteiger partial charge in [-0.15, -0.1) is 0 Å². The summed E-state index contributed by atoms with van der Waals surface area (Å²) in [6.45, 7) is 12.1. The lowest BCUT2D eigenvalue weighted by atomic mass is 9.46. The fraction of sp³-hybridized carbons (Fsp3) is 0.724. The van der Waals surface area contributed by atoms with E-state index in [2.05, 4.69) is 50.5 Å². The number of rotatable bonds is 5. The van der Waals surface area contributed by atoms with Crippen molar-refractivity contribution in [3.8, 4) is 11.8 Å². The Labute approximate surface area is 200 Å². The van der Waals surface area contributed by atoms with Crippen molar-refractivity contribution in [2.45, 2.75) is 79.1 Å². The fourth-order valence-corrected chi connectivity index (χ4v) is 7.21. The van der Waals surface area contributed by atoms with Crippen LogP contribution in [0.1, 0.15) is 79.1 Å². The molecule has 0 aromatic heterocycles. The van der Waals surface area contributed by atoms with E-state index in [1.807, 2.05) is 0 Å². The van der Waals surface area contributed by atoms with E-state index in [-0.39, 0.29) is 23.9 Å². The molecular formula is C29H41NO3. The van der Waals surface area contributed by atoms with Crippen LogP contribution in [0.5, 0.6) is 0 Å². The lowest BCUT2D eigenvalue weighted by Gasteiger charge is -2.58. The fourth-order valence-electron chi connectivity index (χ4n) is 7.21. The number of likely N-dealkylation sites (tertiary alicyclic amines) is 1. The second kappa shape index (κ2) is 9.79. The van der Waals surface area contributed by atoms with E-state index in [0.717, 1.165) is 63.6 Å². The summed E-state index contributed by atoms with van der Waals surface area (Å²) in [5.41, 5.74) is 3.07. The molecule has 33 heavy (non-hydrogen) atoms. The number of carbonyl (C=O) groups excluding carboxylic acids is 2. The predicted molar refractivity (Wildman–Crippen MR) is 131 cm³/mol. The van der Waals surface area contributed by atoms with Gasteiger partial charge in [-0.3, -0.25) is 14.5 Å². The average molecular weight is 452 g/mol. The molecule has 0 aromatic rings. The zero-order valence-electron chi connectivity index (χ0n) is 21.0. The van der Waals surface area contributed by atoms with Gasteiger partial charge >= 0.3 is 5.97 Å². The number of allylic oxidation sites excluding steroid dienone is 4. The molecule has 4 heteroatoms. The molecule has 4 aliphatic rings. The van der Waals surface area contributed by atoms with Crippen molar-refractivity contribution in [1.29, 1.82) is 0 Å². The maximum absolute atomic E-state index is 13.4. The zero-order valence-corrected chi connectivity index (χ0v) is 21.0. The molecule has 4 rings (SSSR count). The van der Waals surface area contributed by atoms with Crippen LogP contribution in [0, 0.1) is 40.4 Å². The van der Waals surface area contributed by atoms with E-state index < -0.39 is 5.41 Å². The maximum atomic E-state index is 13.4. The lowest BCUT2D eigenvalue weighted by molar-refractivity contribution is -0.168. The molecule has 0 radical (unpaired) electrons. The summed E-state index contributed by atoms with van der Waals surface area (Å²) < 4.78 is 5.75. The van der Waals surface area contributed by atoms with Gasteiger partial charge in [0.25, 0.3) is 0 Å². The third kappa shape index (κ3) is 4.59. The van der Waals surface area contributed by atoms with E-state index >= 15 is 0 Å². The Kier molecular flexibility index (Phi) is 7.20. The van der Waals surface area contributed by atoms with Crippen molar-refractivity contribution in [3.63, 3.8) is 0 Å². The summed E-state index contributed by atoms with van der Waals surface area (Å²) in [6.07, 6.45) is 11.7. The van der Waals surface area contributed by atoms with Crippen molar-refractivity contribution in [1.82, 2.24) is 4.90 Å². The summed E-state index contributed by atoms with van der Waals surface area (Å²) in [5, 5.41) is 0. The van der Waals surface area contributed by atoms with Crippen molar-refractivity contribution < 1.29 is 14.3 Å². The number of carbonyl (C=O) groups is 2. The van der Waals surface area contributed by atoms with Gasteiger partial charge in [0, 0.05) is 0 Å². The summed E-state index contributed by atoms with van der Waals surface area (Å²) in [6, 6.07) is 0. The van der Waals surface area contributed by atoms with Gasteiger partial charge in [-0.25, -0.2) is 0 Å². The van der Waals surface area contributed by atoms with Crippen LogP contribution in [-0.2, 0) is 14.3 Å². The molecule has 1 aliphatic heterocycles. The molecular weight excluding hydrogens is 410 g/mol. The molecule has 1 saturated heterocycles. The van der Waals surface area contributed by atoms with Crippen LogP contribution in [0.25, 0.3) is 0 Å².